The molecule has 0 unspecified atom stereocenters. The first-order valence-corrected chi connectivity index (χ1v) is 4.99. The van der Waals surface area contributed by atoms with Gasteiger partial charge >= 0.3 is 0 Å². The zero-order chi connectivity index (χ0) is 10.8. The summed E-state index contributed by atoms with van der Waals surface area (Å²) in [5.74, 6) is 0.441. The molecule has 3 N–H and O–H groups in total. The van der Waals surface area contributed by atoms with Gasteiger partial charge in [-0.3, -0.25) is 0 Å². The van der Waals surface area contributed by atoms with E-state index in [2.05, 4.69) is 4.98 Å². The summed E-state index contributed by atoms with van der Waals surface area (Å²) in [6.45, 7) is 5.86. The number of rotatable bonds is 3. The standard InChI is InChI=1S/C11H18N2O/c1-4-11(14,5-2)9-8(3)6-7-13-10(9)12/h6-7,14H,4-5H2,1-3H3,(H2,12,13). The Balaban J connectivity index is 3.29. The molecule has 14 heavy (non-hydrogen) atoms. The van der Waals surface area contributed by atoms with Crippen LogP contribution < -0.4 is 5.73 Å². The third-order valence-electron chi connectivity index (χ3n) is 2.82. The number of hydrogen-bond acceptors (Lipinski definition) is 3. The SMILES string of the molecule is CCC(O)(CC)c1c(C)ccnc1N. The van der Waals surface area contributed by atoms with E-state index in [1.54, 1.807) is 6.20 Å². The van der Waals surface area contributed by atoms with Crippen molar-refractivity contribution in [3.05, 3.63) is 23.4 Å². The third-order valence-corrected chi connectivity index (χ3v) is 2.82. The van der Waals surface area contributed by atoms with Gasteiger partial charge in [0.15, 0.2) is 0 Å². The first-order chi connectivity index (χ1) is 6.55. The van der Waals surface area contributed by atoms with Gasteiger partial charge in [0.05, 0.1) is 5.60 Å². The van der Waals surface area contributed by atoms with Gasteiger partial charge in [-0.25, -0.2) is 4.98 Å². The average molecular weight is 194 g/mol. The molecule has 1 heterocycles. The second kappa shape index (κ2) is 3.96. The quantitative estimate of drug-likeness (QED) is 0.773. The summed E-state index contributed by atoms with van der Waals surface area (Å²) in [5.41, 5.74) is 6.74. The fourth-order valence-corrected chi connectivity index (χ4v) is 1.79. The van der Waals surface area contributed by atoms with Gasteiger partial charge in [0.1, 0.15) is 5.82 Å². The molecular weight excluding hydrogens is 176 g/mol. The van der Waals surface area contributed by atoms with Crippen LogP contribution in [-0.4, -0.2) is 10.1 Å². The van der Waals surface area contributed by atoms with Gasteiger partial charge in [-0.2, -0.15) is 0 Å². The van der Waals surface area contributed by atoms with Gasteiger partial charge in [0.25, 0.3) is 0 Å². The van der Waals surface area contributed by atoms with Crippen molar-refractivity contribution in [1.29, 1.82) is 0 Å². The maximum Gasteiger partial charge on any atom is 0.129 e. The van der Waals surface area contributed by atoms with Crippen molar-refractivity contribution in [2.24, 2.45) is 0 Å². The first-order valence-electron chi connectivity index (χ1n) is 4.99. The van der Waals surface area contributed by atoms with E-state index in [9.17, 15) is 5.11 Å². The molecule has 0 atom stereocenters. The van der Waals surface area contributed by atoms with Crippen molar-refractivity contribution in [1.82, 2.24) is 4.98 Å². The Hall–Kier alpha value is -1.09. The number of nitrogens with zero attached hydrogens (tertiary/aromatic N) is 1. The first kappa shape index (κ1) is 11.0. The molecule has 0 fully saturated rings. The summed E-state index contributed by atoms with van der Waals surface area (Å²) in [6, 6.07) is 1.88. The molecular formula is C11H18N2O. The molecule has 3 nitrogen and oxygen atoms in total. The number of aryl methyl sites for hydroxylation is 1. The summed E-state index contributed by atoms with van der Waals surface area (Å²) >= 11 is 0. The second-order valence-corrected chi connectivity index (χ2v) is 3.63. The van der Waals surface area contributed by atoms with Crippen LogP contribution >= 0.6 is 0 Å². The van der Waals surface area contributed by atoms with Crippen molar-refractivity contribution < 1.29 is 5.11 Å². The normalized spacial score (nSPS) is 11.7. The van der Waals surface area contributed by atoms with E-state index >= 15 is 0 Å². The number of pyridine rings is 1. The highest BCUT2D eigenvalue weighted by Gasteiger charge is 2.29. The largest absolute Gasteiger partial charge is 0.385 e. The Morgan fingerprint density at radius 2 is 2.00 bits per heavy atom. The number of anilines is 1. The molecule has 0 aliphatic carbocycles. The van der Waals surface area contributed by atoms with Gasteiger partial charge in [0, 0.05) is 11.8 Å². The third kappa shape index (κ3) is 1.73. The van der Waals surface area contributed by atoms with Crippen LogP contribution in [0.2, 0.25) is 0 Å². The maximum atomic E-state index is 10.3. The molecule has 0 radical (unpaired) electrons. The summed E-state index contributed by atoms with van der Waals surface area (Å²) in [7, 11) is 0. The minimum atomic E-state index is -0.831. The molecule has 1 rings (SSSR count). The fraction of sp³-hybridized carbons (Fsp3) is 0.545. The van der Waals surface area contributed by atoms with E-state index in [-0.39, 0.29) is 0 Å². The van der Waals surface area contributed by atoms with Crippen molar-refractivity contribution >= 4 is 5.82 Å². The molecule has 78 valence electrons. The molecule has 0 aliphatic heterocycles. The van der Waals surface area contributed by atoms with E-state index in [1.165, 1.54) is 0 Å². The number of hydrogen-bond donors (Lipinski definition) is 2. The lowest BCUT2D eigenvalue weighted by Crippen LogP contribution is -2.26. The summed E-state index contributed by atoms with van der Waals surface area (Å²) < 4.78 is 0. The lowest BCUT2D eigenvalue weighted by atomic mass is 9.86. The monoisotopic (exact) mass is 194 g/mol. The molecule has 0 amide bonds. The van der Waals surface area contributed by atoms with Crippen LogP contribution in [0.25, 0.3) is 0 Å². The number of aliphatic hydroxyl groups is 1. The van der Waals surface area contributed by atoms with Crippen LogP contribution in [0, 0.1) is 6.92 Å². The van der Waals surface area contributed by atoms with Crippen LogP contribution in [0.3, 0.4) is 0 Å². The average Bonchev–Trinajstić information content (AvgIpc) is 2.17. The molecule has 0 spiro atoms. The van der Waals surface area contributed by atoms with Crippen LogP contribution in [0.1, 0.15) is 37.8 Å². The molecule has 0 saturated heterocycles. The Morgan fingerprint density at radius 1 is 1.43 bits per heavy atom. The lowest BCUT2D eigenvalue weighted by molar-refractivity contribution is 0.0283. The maximum absolute atomic E-state index is 10.3. The highest BCUT2D eigenvalue weighted by molar-refractivity contribution is 5.47. The minimum absolute atomic E-state index is 0.441. The zero-order valence-corrected chi connectivity index (χ0v) is 9.04. The smallest absolute Gasteiger partial charge is 0.129 e. The van der Waals surface area contributed by atoms with Crippen LogP contribution in [0.15, 0.2) is 12.3 Å². The van der Waals surface area contributed by atoms with Crippen LogP contribution in [0.4, 0.5) is 5.82 Å². The molecule has 1 aromatic rings. The topological polar surface area (TPSA) is 59.1 Å². The zero-order valence-electron chi connectivity index (χ0n) is 9.04. The summed E-state index contributed by atoms with van der Waals surface area (Å²) in [5, 5.41) is 10.3. The molecule has 0 aromatic carbocycles. The van der Waals surface area contributed by atoms with Crippen molar-refractivity contribution in [2.45, 2.75) is 39.2 Å². The van der Waals surface area contributed by atoms with Gasteiger partial charge < -0.3 is 10.8 Å². The van der Waals surface area contributed by atoms with E-state index < -0.39 is 5.60 Å². The van der Waals surface area contributed by atoms with Gasteiger partial charge in [-0.1, -0.05) is 13.8 Å². The van der Waals surface area contributed by atoms with Crippen LogP contribution in [-0.2, 0) is 5.60 Å². The van der Waals surface area contributed by atoms with Gasteiger partial charge in [-0.15, -0.1) is 0 Å². The predicted molar refractivity (Wildman–Crippen MR) is 57.9 cm³/mol. The van der Waals surface area contributed by atoms with Crippen molar-refractivity contribution in [3.8, 4) is 0 Å². The van der Waals surface area contributed by atoms with Gasteiger partial charge in [0.2, 0.25) is 0 Å². The van der Waals surface area contributed by atoms with Gasteiger partial charge in [-0.05, 0) is 31.4 Å². The minimum Gasteiger partial charge on any atom is -0.385 e. The number of nitrogen functional groups attached to an aromatic ring is 1. The summed E-state index contributed by atoms with van der Waals surface area (Å²) in [6.07, 6.45) is 2.97. The van der Waals surface area contributed by atoms with Crippen LogP contribution in [0.5, 0.6) is 0 Å². The van der Waals surface area contributed by atoms with E-state index in [0.29, 0.717) is 18.7 Å². The Labute approximate surface area is 85.0 Å². The van der Waals surface area contributed by atoms with E-state index in [0.717, 1.165) is 11.1 Å². The van der Waals surface area contributed by atoms with E-state index in [1.807, 2.05) is 26.8 Å². The van der Waals surface area contributed by atoms with Crippen molar-refractivity contribution in [2.75, 3.05) is 5.73 Å². The fourth-order valence-electron chi connectivity index (χ4n) is 1.79. The summed E-state index contributed by atoms with van der Waals surface area (Å²) in [4.78, 5) is 4.02. The molecule has 1 aromatic heterocycles. The highest BCUT2D eigenvalue weighted by atomic mass is 16.3. The number of aromatic nitrogens is 1. The molecule has 3 heteroatoms. The Morgan fingerprint density at radius 3 is 2.43 bits per heavy atom. The van der Waals surface area contributed by atoms with E-state index in [4.69, 9.17) is 5.73 Å². The lowest BCUT2D eigenvalue weighted by Gasteiger charge is -2.28. The predicted octanol–water partition coefficient (Wildman–Crippen LogP) is 1.98. The number of nitrogens with two attached hydrogens (primary N) is 1. The molecule has 0 saturated carbocycles. The van der Waals surface area contributed by atoms with Crippen molar-refractivity contribution in [3.63, 3.8) is 0 Å². The Kier molecular flexibility index (Phi) is 3.11. The Bertz CT molecular complexity index is 299. The second-order valence-electron chi connectivity index (χ2n) is 3.63. The molecule has 0 bridgehead atoms. The molecule has 0 aliphatic rings. The highest BCUT2D eigenvalue weighted by Crippen LogP contribution is 2.33.